The molecule has 5 rings (SSSR count). The number of carboxylic acid groups (broad SMARTS) is 1. The fourth-order valence-corrected chi connectivity index (χ4v) is 5.73. The van der Waals surface area contributed by atoms with Crippen LogP contribution in [0.15, 0.2) is 72.8 Å². The molecule has 8 heteroatoms. The highest BCUT2D eigenvalue weighted by Crippen LogP contribution is 2.26. The van der Waals surface area contributed by atoms with Crippen LogP contribution in [-0.2, 0) is 33.7 Å². The number of rotatable bonds is 7. The molecule has 0 unspecified atom stereocenters. The summed E-state index contributed by atoms with van der Waals surface area (Å²) >= 11 is 0. The van der Waals surface area contributed by atoms with Crippen molar-refractivity contribution in [1.82, 2.24) is 9.80 Å². The van der Waals surface area contributed by atoms with Crippen molar-refractivity contribution in [3.05, 3.63) is 101 Å². The Bertz CT molecular complexity index is 1320. The molecule has 1 amide bonds. The highest BCUT2D eigenvalue weighted by Gasteiger charge is 2.23. The van der Waals surface area contributed by atoms with Gasteiger partial charge in [0.15, 0.2) is 0 Å². The lowest BCUT2D eigenvalue weighted by Crippen LogP contribution is -2.41. The van der Waals surface area contributed by atoms with Gasteiger partial charge in [0.2, 0.25) is 0 Å². The predicted octanol–water partition coefficient (Wildman–Crippen LogP) is 4.44. The van der Waals surface area contributed by atoms with Crippen molar-refractivity contribution in [2.45, 2.75) is 38.3 Å². The average molecular weight is 573 g/mol. The van der Waals surface area contributed by atoms with E-state index in [2.05, 4.69) is 29.2 Å². The summed E-state index contributed by atoms with van der Waals surface area (Å²) in [6.45, 7) is 4.74. The number of aliphatic carboxylic acids is 1. The van der Waals surface area contributed by atoms with Gasteiger partial charge in [0.1, 0.15) is 18.9 Å². The molecule has 2 heterocycles. The normalized spacial score (nSPS) is 17.0. The van der Waals surface area contributed by atoms with Crippen molar-refractivity contribution < 1.29 is 28.9 Å². The molecule has 0 aliphatic carbocycles. The molecule has 3 aromatic rings. The maximum Gasteiger partial charge on any atom is 0.323 e. The summed E-state index contributed by atoms with van der Waals surface area (Å²) in [5.41, 5.74) is 4.75. The van der Waals surface area contributed by atoms with E-state index in [9.17, 15) is 14.7 Å². The summed E-state index contributed by atoms with van der Waals surface area (Å²) in [6, 6.07) is 24.2. The second kappa shape index (κ2) is 15.0. The molecule has 1 saturated heterocycles. The van der Waals surface area contributed by atoms with Crippen LogP contribution in [0.2, 0.25) is 0 Å². The molecule has 1 N–H and O–H groups in total. The van der Waals surface area contributed by atoms with E-state index in [1.807, 2.05) is 42.5 Å². The zero-order valence-electron chi connectivity index (χ0n) is 24.1. The number of carbonyl (C=O) groups excluding carboxylic acids is 1. The number of hydrogen-bond acceptors (Lipinski definition) is 6. The number of carboxylic acids is 1. The Morgan fingerprint density at radius 1 is 0.857 bits per heavy atom. The number of nitrogens with zero attached hydrogens (tertiary/aromatic N) is 2. The van der Waals surface area contributed by atoms with Crippen LogP contribution in [-0.4, -0.2) is 85.5 Å². The molecular formula is C34H40N2O6. The topological polar surface area (TPSA) is 88.5 Å². The first-order valence-corrected chi connectivity index (χ1v) is 14.8. The lowest BCUT2D eigenvalue weighted by molar-refractivity contribution is -0.137. The molecule has 2 aliphatic heterocycles. The van der Waals surface area contributed by atoms with Crippen LogP contribution < -0.4 is 4.74 Å². The zero-order valence-corrected chi connectivity index (χ0v) is 24.1. The third-order valence-electron chi connectivity index (χ3n) is 7.92. The van der Waals surface area contributed by atoms with Crippen LogP contribution in [0.5, 0.6) is 5.75 Å². The van der Waals surface area contributed by atoms with E-state index in [0.29, 0.717) is 56.6 Å². The fraction of sp³-hybridized carbons (Fsp3) is 0.412. The third-order valence-corrected chi connectivity index (χ3v) is 7.92. The lowest BCUT2D eigenvalue weighted by atomic mass is 9.99. The minimum atomic E-state index is -1.04. The Balaban J connectivity index is 1.37. The Morgan fingerprint density at radius 2 is 1.64 bits per heavy atom. The number of carbonyl (C=O) groups is 2. The molecule has 0 atom stereocenters. The Labute approximate surface area is 247 Å². The fourth-order valence-electron chi connectivity index (χ4n) is 5.73. The van der Waals surface area contributed by atoms with Gasteiger partial charge in [-0.15, -0.1) is 0 Å². The molecule has 0 aromatic heterocycles. The van der Waals surface area contributed by atoms with Crippen LogP contribution in [0.1, 0.15) is 45.5 Å². The smallest absolute Gasteiger partial charge is 0.323 e. The first-order valence-electron chi connectivity index (χ1n) is 14.8. The Hall–Kier alpha value is -3.72. The summed E-state index contributed by atoms with van der Waals surface area (Å²) in [7, 11) is 0. The molecule has 0 radical (unpaired) electrons. The summed E-state index contributed by atoms with van der Waals surface area (Å²) < 4.78 is 17.7. The number of amides is 1. The van der Waals surface area contributed by atoms with E-state index in [4.69, 9.17) is 14.2 Å². The van der Waals surface area contributed by atoms with Crippen LogP contribution in [0.25, 0.3) is 0 Å². The van der Waals surface area contributed by atoms with Crippen molar-refractivity contribution in [1.29, 1.82) is 0 Å². The molecule has 2 bridgehead atoms. The van der Waals surface area contributed by atoms with Gasteiger partial charge in [-0.3, -0.25) is 14.5 Å². The maximum absolute atomic E-state index is 13.6. The van der Waals surface area contributed by atoms with E-state index in [1.54, 1.807) is 6.07 Å². The van der Waals surface area contributed by atoms with Crippen molar-refractivity contribution in [2.75, 3.05) is 52.7 Å². The average Bonchev–Trinajstić information content (AvgIpc) is 3.01. The largest absolute Gasteiger partial charge is 0.491 e. The molecule has 0 spiro atoms. The van der Waals surface area contributed by atoms with E-state index < -0.39 is 5.97 Å². The molecule has 2 aliphatic rings. The van der Waals surface area contributed by atoms with Crippen molar-refractivity contribution in [2.24, 2.45) is 0 Å². The molecule has 222 valence electrons. The maximum atomic E-state index is 13.6. The SMILES string of the molecule is O=C(O)CN(CCc1ccccc1)C(=O)c1ccc2c(c1)Cc1cccc(c1)CN(C1CCOCC1)CCOCCO2. The minimum absolute atomic E-state index is 0.306. The molecule has 1 fully saturated rings. The summed E-state index contributed by atoms with van der Waals surface area (Å²) in [5, 5.41) is 9.53. The predicted molar refractivity (Wildman–Crippen MR) is 160 cm³/mol. The highest BCUT2D eigenvalue weighted by atomic mass is 16.5. The van der Waals surface area contributed by atoms with Crippen LogP contribution in [0, 0.1) is 0 Å². The number of fused-ring (bicyclic) bond motifs is 3. The third kappa shape index (κ3) is 8.41. The van der Waals surface area contributed by atoms with E-state index in [-0.39, 0.29) is 12.5 Å². The summed E-state index contributed by atoms with van der Waals surface area (Å²) in [4.78, 5) is 29.2. The Kier molecular flexibility index (Phi) is 10.6. The second-order valence-corrected chi connectivity index (χ2v) is 11.0. The Morgan fingerprint density at radius 3 is 2.45 bits per heavy atom. The van der Waals surface area contributed by atoms with Crippen LogP contribution in [0.4, 0.5) is 0 Å². The molecule has 0 saturated carbocycles. The van der Waals surface area contributed by atoms with Gasteiger partial charge in [0.25, 0.3) is 5.91 Å². The quantitative estimate of drug-likeness (QED) is 0.448. The van der Waals surface area contributed by atoms with E-state index >= 15 is 0 Å². The van der Waals surface area contributed by atoms with Gasteiger partial charge >= 0.3 is 5.97 Å². The minimum Gasteiger partial charge on any atom is -0.491 e. The van der Waals surface area contributed by atoms with Gasteiger partial charge in [0.05, 0.1) is 13.2 Å². The molecule has 42 heavy (non-hydrogen) atoms. The number of ether oxygens (including phenoxy) is 3. The van der Waals surface area contributed by atoms with Crippen molar-refractivity contribution in [3.8, 4) is 5.75 Å². The molecule has 8 nitrogen and oxygen atoms in total. The highest BCUT2D eigenvalue weighted by molar-refractivity contribution is 5.96. The first kappa shape index (κ1) is 29.8. The van der Waals surface area contributed by atoms with Gasteiger partial charge in [0, 0.05) is 50.9 Å². The zero-order chi connectivity index (χ0) is 29.1. The summed E-state index contributed by atoms with van der Waals surface area (Å²) in [5.74, 6) is -0.639. The van der Waals surface area contributed by atoms with Gasteiger partial charge < -0.3 is 24.2 Å². The van der Waals surface area contributed by atoms with Gasteiger partial charge in [-0.2, -0.15) is 0 Å². The van der Waals surface area contributed by atoms with E-state index in [1.165, 1.54) is 10.5 Å². The summed E-state index contributed by atoms with van der Waals surface area (Å²) in [6.07, 6.45) is 3.21. The van der Waals surface area contributed by atoms with Crippen LogP contribution in [0.3, 0.4) is 0 Å². The van der Waals surface area contributed by atoms with E-state index in [0.717, 1.165) is 55.8 Å². The lowest BCUT2D eigenvalue weighted by Gasteiger charge is -2.34. The second-order valence-electron chi connectivity index (χ2n) is 11.0. The first-order chi connectivity index (χ1) is 20.5. The standard InChI is InChI=1S/C34H40N2O6/c37-33(38)25-36(14-11-26-5-2-1-3-6-26)34(39)29-9-10-32-30(23-29)22-27-7-4-8-28(21-27)24-35(15-18-41-19-20-42-32)31-12-16-40-17-13-31/h1-10,21,23,31H,11-20,22,24-25H2,(H,37,38). The van der Waals surface area contributed by atoms with Crippen molar-refractivity contribution in [3.63, 3.8) is 0 Å². The van der Waals surface area contributed by atoms with Gasteiger partial charge in [-0.05, 0) is 59.7 Å². The van der Waals surface area contributed by atoms with Crippen LogP contribution >= 0.6 is 0 Å². The van der Waals surface area contributed by atoms with Gasteiger partial charge in [-0.1, -0.05) is 54.6 Å². The number of benzene rings is 3. The van der Waals surface area contributed by atoms with Crippen molar-refractivity contribution >= 4 is 11.9 Å². The molecule has 3 aromatic carbocycles. The van der Waals surface area contributed by atoms with Gasteiger partial charge in [-0.25, -0.2) is 0 Å². The molecular weight excluding hydrogens is 532 g/mol. The number of hydrogen-bond donors (Lipinski definition) is 1. The monoisotopic (exact) mass is 572 g/mol.